The Morgan fingerprint density at radius 1 is 1.33 bits per heavy atom. The van der Waals surface area contributed by atoms with Crippen LogP contribution >= 0.6 is 0 Å². The van der Waals surface area contributed by atoms with Crippen LogP contribution in [0.15, 0.2) is 36.4 Å². The van der Waals surface area contributed by atoms with Crippen molar-refractivity contribution in [3.63, 3.8) is 0 Å². The first kappa shape index (κ1) is 14.0. The van der Waals surface area contributed by atoms with E-state index in [0.29, 0.717) is 6.42 Å². The molecule has 0 saturated heterocycles. The minimum Gasteiger partial charge on any atom is -0.467 e. The third-order valence-electron chi connectivity index (χ3n) is 2.34. The lowest BCUT2D eigenvalue weighted by Gasteiger charge is -2.12. The van der Waals surface area contributed by atoms with E-state index in [4.69, 9.17) is 0 Å². The zero-order chi connectivity index (χ0) is 13.4. The third-order valence-corrected chi connectivity index (χ3v) is 2.34. The van der Waals surface area contributed by atoms with E-state index < -0.39 is 12.0 Å². The number of benzene rings is 1. The van der Waals surface area contributed by atoms with Gasteiger partial charge in [-0.05, 0) is 12.0 Å². The highest BCUT2D eigenvalue weighted by molar-refractivity contribution is 5.83. The van der Waals surface area contributed by atoms with Gasteiger partial charge in [-0.25, -0.2) is 4.79 Å². The fraction of sp³-hybridized carbons (Fsp3) is 0.286. The number of nitrogens with one attached hydrogen (secondary N) is 1. The van der Waals surface area contributed by atoms with E-state index in [1.807, 2.05) is 42.5 Å². The van der Waals surface area contributed by atoms with Crippen molar-refractivity contribution in [2.24, 2.45) is 0 Å². The Bertz CT molecular complexity index is 426. The monoisotopic (exact) mass is 247 g/mol. The highest BCUT2D eigenvalue weighted by Crippen LogP contribution is 2.04. The Hall–Kier alpha value is -2.10. The van der Waals surface area contributed by atoms with Gasteiger partial charge in [0.1, 0.15) is 6.04 Å². The fourth-order valence-electron chi connectivity index (χ4n) is 1.51. The summed E-state index contributed by atoms with van der Waals surface area (Å²) < 4.78 is 4.63. The lowest BCUT2D eigenvalue weighted by molar-refractivity contribution is -0.144. The van der Waals surface area contributed by atoms with Crippen molar-refractivity contribution >= 4 is 18.0 Å². The molecule has 1 N–H and O–H groups in total. The number of carbonyl (C=O) groups excluding carboxylic acids is 2. The number of hydrogen-bond acceptors (Lipinski definition) is 3. The van der Waals surface area contributed by atoms with Gasteiger partial charge < -0.3 is 10.1 Å². The van der Waals surface area contributed by atoms with E-state index in [1.54, 1.807) is 0 Å². The van der Waals surface area contributed by atoms with Crippen LogP contribution < -0.4 is 5.32 Å². The van der Waals surface area contributed by atoms with Crippen molar-refractivity contribution in [1.82, 2.24) is 5.32 Å². The van der Waals surface area contributed by atoms with Crippen LogP contribution in [0.25, 0.3) is 6.08 Å². The Morgan fingerprint density at radius 2 is 2.00 bits per heavy atom. The average Bonchev–Trinajstić information content (AvgIpc) is 2.37. The lowest BCUT2D eigenvalue weighted by atomic mass is 10.1. The van der Waals surface area contributed by atoms with E-state index in [-0.39, 0.29) is 5.91 Å². The average molecular weight is 247 g/mol. The molecule has 0 heterocycles. The van der Waals surface area contributed by atoms with Crippen molar-refractivity contribution in [2.75, 3.05) is 7.11 Å². The largest absolute Gasteiger partial charge is 0.467 e. The smallest absolute Gasteiger partial charge is 0.328 e. The predicted molar refractivity (Wildman–Crippen MR) is 69.7 cm³/mol. The molecule has 0 radical (unpaired) electrons. The molecule has 1 rings (SSSR count). The first-order valence-corrected chi connectivity index (χ1v) is 5.70. The summed E-state index contributed by atoms with van der Waals surface area (Å²) in [5.41, 5.74) is 1.05. The zero-order valence-electron chi connectivity index (χ0n) is 10.6. The summed E-state index contributed by atoms with van der Waals surface area (Å²) in [7, 11) is 1.30. The second kappa shape index (κ2) is 7.27. The molecule has 96 valence electrons. The molecule has 1 aromatic carbocycles. The summed E-state index contributed by atoms with van der Waals surface area (Å²) in [6.45, 7) is 1.37. The summed E-state index contributed by atoms with van der Waals surface area (Å²) in [4.78, 5) is 22.4. The maximum atomic E-state index is 11.4. The topological polar surface area (TPSA) is 55.4 Å². The minimum absolute atomic E-state index is 0.251. The van der Waals surface area contributed by atoms with Gasteiger partial charge in [0.15, 0.2) is 0 Å². The molecule has 0 saturated carbocycles. The van der Waals surface area contributed by atoms with Gasteiger partial charge in [0.05, 0.1) is 7.11 Å². The maximum Gasteiger partial charge on any atom is 0.328 e. The highest BCUT2D eigenvalue weighted by Gasteiger charge is 2.17. The first-order valence-electron chi connectivity index (χ1n) is 5.70. The standard InChI is InChI=1S/C14H17NO3/c1-11(16)15-13(14(17)18-2)10-6-9-12-7-4-3-5-8-12/h3-9,13H,10H2,1-2H3,(H,15,16)/t13-/m0/s1. The molecule has 0 aliphatic carbocycles. The summed E-state index contributed by atoms with van der Waals surface area (Å²) in [5.74, 6) is -0.693. The SMILES string of the molecule is COC(=O)[C@H](CC=Cc1ccccc1)NC(C)=O. The Balaban J connectivity index is 2.59. The quantitative estimate of drug-likeness (QED) is 0.807. The number of carbonyl (C=O) groups is 2. The summed E-state index contributed by atoms with van der Waals surface area (Å²) in [6, 6.07) is 9.10. The number of hydrogen-bond donors (Lipinski definition) is 1. The van der Waals surface area contributed by atoms with Crippen LogP contribution in [0, 0.1) is 0 Å². The number of amides is 1. The van der Waals surface area contributed by atoms with Crippen molar-refractivity contribution in [2.45, 2.75) is 19.4 Å². The van der Waals surface area contributed by atoms with E-state index in [0.717, 1.165) is 5.56 Å². The van der Waals surface area contributed by atoms with Gasteiger partial charge in [0, 0.05) is 6.92 Å². The van der Waals surface area contributed by atoms with E-state index in [1.165, 1.54) is 14.0 Å². The second-order valence-corrected chi connectivity index (χ2v) is 3.83. The zero-order valence-corrected chi connectivity index (χ0v) is 10.6. The molecule has 18 heavy (non-hydrogen) atoms. The molecule has 4 heteroatoms. The van der Waals surface area contributed by atoms with E-state index >= 15 is 0 Å². The van der Waals surface area contributed by atoms with Gasteiger partial charge in [0.25, 0.3) is 0 Å². The molecule has 0 fully saturated rings. The second-order valence-electron chi connectivity index (χ2n) is 3.83. The number of methoxy groups -OCH3 is 1. The maximum absolute atomic E-state index is 11.4. The molecular formula is C14H17NO3. The lowest BCUT2D eigenvalue weighted by Crippen LogP contribution is -2.39. The van der Waals surface area contributed by atoms with Crippen LogP contribution in [-0.2, 0) is 14.3 Å². The molecule has 1 amide bonds. The molecular weight excluding hydrogens is 230 g/mol. The van der Waals surface area contributed by atoms with Gasteiger partial charge in [-0.3, -0.25) is 4.79 Å². The molecule has 1 aromatic rings. The normalized spacial score (nSPS) is 12.1. The Kier molecular flexibility index (Phi) is 5.64. The molecule has 0 aliphatic heterocycles. The third kappa shape index (κ3) is 4.82. The molecule has 0 aliphatic rings. The van der Waals surface area contributed by atoms with E-state index in [9.17, 15) is 9.59 Å². The van der Waals surface area contributed by atoms with Crippen molar-refractivity contribution < 1.29 is 14.3 Å². The summed E-state index contributed by atoms with van der Waals surface area (Å²) in [6.07, 6.45) is 4.14. The van der Waals surface area contributed by atoms with Gasteiger partial charge >= 0.3 is 5.97 Å². The molecule has 0 aromatic heterocycles. The van der Waals surface area contributed by atoms with Crippen LogP contribution in [0.2, 0.25) is 0 Å². The number of rotatable bonds is 5. The number of ether oxygens (including phenoxy) is 1. The van der Waals surface area contributed by atoms with Crippen LogP contribution in [0.3, 0.4) is 0 Å². The van der Waals surface area contributed by atoms with Crippen LogP contribution in [0.5, 0.6) is 0 Å². The first-order chi connectivity index (χ1) is 8.63. The number of esters is 1. The van der Waals surface area contributed by atoms with Crippen molar-refractivity contribution in [3.05, 3.63) is 42.0 Å². The van der Waals surface area contributed by atoms with Gasteiger partial charge in [-0.1, -0.05) is 42.5 Å². The summed E-state index contributed by atoms with van der Waals surface area (Å²) in [5, 5.41) is 2.55. The van der Waals surface area contributed by atoms with Crippen molar-refractivity contribution in [3.8, 4) is 0 Å². The Morgan fingerprint density at radius 3 is 2.56 bits per heavy atom. The van der Waals surface area contributed by atoms with Crippen LogP contribution in [0.1, 0.15) is 18.9 Å². The molecule has 0 bridgehead atoms. The van der Waals surface area contributed by atoms with Gasteiger partial charge in [-0.15, -0.1) is 0 Å². The fourth-order valence-corrected chi connectivity index (χ4v) is 1.51. The van der Waals surface area contributed by atoms with Gasteiger partial charge in [0.2, 0.25) is 5.91 Å². The van der Waals surface area contributed by atoms with Crippen molar-refractivity contribution in [1.29, 1.82) is 0 Å². The van der Waals surface area contributed by atoms with Crippen LogP contribution in [0.4, 0.5) is 0 Å². The minimum atomic E-state index is -0.632. The predicted octanol–water partition coefficient (Wildman–Crippen LogP) is 1.77. The summed E-state index contributed by atoms with van der Waals surface area (Å²) >= 11 is 0. The Labute approximate surface area is 107 Å². The van der Waals surface area contributed by atoms with E-state index in [2.05, 4.69) is 10.1 Å². The molecule has 1 atom stereocenters. The highest BCUT2D eigenvalue weighted by atomic mass is 16.5. The molecule has 0 unspecified atom stereocenters. The van der Waals surface area contributed by atoms with Gasteiger partial charge in [-0.2, -0.15) is 0 Å². The van der Waals surface area contributed by atoms with Crippen LogP contribution in [-0.4, -0.2) is 25.0 Å². The molecule has 4 nitrogen and oxygen atoms in total. The molecule has 0 spiro atoms.